The lowest BCUT2D eigenvalue weighted by atomic mass is 9.75. The van der Waals surface area contributed by atoms with Gasteiger partial charge in [0, 0.05) is 40.9 Å². The molecular weight excluding hydrogens is 617 g/mol. The molecule has 0 fully saturated rings. The van der Waals surface area contributed by atoms with Crippen LogP contribution in [0.25, 0.3) is 22.3 Å². The van der Waals surface area contributed by atoms with Gasteiger partial charge in [0.1, 0.15) is 28.7 Å². The van der Waals surface area contributed by atoms with Crippen molar-refractivity contribution in [2.45, 2.75) is 56.6 Å². The van der Waals surface area contributed by atoms with Crippen molar-refractivity contribution in [3.8, 4) is 28.6 Å². The van der Waals surface area contributed by atoms with Crippen LogP contribution in [0, 0.1) is 17.5 Å². The zero-order chi connectivity index (χ0) is 32.8. The molecule has 0 aliphatic carbocycles. The Hall–Kier alpha value is -4.58. The van der Waals surface area contributed by atoms with Crippen LogP contribution < -0.4 is 14.8 Å². The molecule has 0 spiro atoms. The molecule has 0 saturated carbocycles. The zero-order valence-corrected chi connectivity index (χ0v) is 26.8. The Kier molecular flexibility index (Phi) is 8.18. The van der Waals surface area contributed by atoms with Gasteiger partial charge in [-0.1, -0.05) is 18.2 Å². The second-order valence-corrected chi connectivity index (χ2v) is 13.0. The predicted octanol–water partition coefficient (Wildman–Crippen LogP) is 8.60. The van der Waals surface area contributed by atoms with Gasteiger partial charge in [-0.05, 0) is 64.6 Å². The third kappa shape index (κ3) is 5.77. The lowest BCUT2D eigenvalue weighted by Crippen LogP contribution is -2.32. The molecule has 0 bridgehead atoms. The van der Waals surface area contributed by atoms with Gasteiger partial charge < -0.3 is 29.5 Å². The number of rotatable bonds is 7. The normalized spacial score (nSPS) is 16.2. The number of thioether (sulfide) groups is 1. The number of aromatic nitrogens is 3. The quantitative estimate of drug-likeness (QED) is 0.153. The number of amides is 1. The van der Waals surface area contributed by atoms with Crippen LogP contribution in [0.15, 0.2) is 59.8 Å². The highest BCUT2D eigenvalue weighted by Crippen LogP contribution is 2.45. The molecule has 6 rings (SSSR count). The third-order valence-corrected chi connectivity index (χ3v) is 8.75. The molecular formula is C34H33F3N4O4S. The summed E-state index contributed by atoms with van der Waals surface area (Å²) < 4.78 is 63.8. The Labute approximate surface area is 268 Å². The minimum absolute atomic E-state index is 0.00322. The molecule has 12 heteroatoms. The molecule has 3 heterocycles. The Bertz CT molecular complexity index is 1950. The van der Waals surface area contributed by atoms with E-state index in [1.807, 2.05) is 24.3 Å². The van der Waals surface area contributed by atoms with Crippen LogP contribution in [0.2, 0.25) is 0 Å². The summed E-state index contributed by atoms with van der Waals surface area (Å²) in [6, 6.07) is 11.9. The number of ether oxygens (including phenoxy) is 3. The number of halogens is 3. The molecule has 0 radical (unpaired) electrons. The molecule has 3 aromatic carbocycles. The van der Waals surface area contributed by atoms with E-state index in [2.05, 4.69) is 22.2 Å². The van der Waals surface area contributed by atoms with Crippen LogP contribution in [0.3, 0.4) is 0 Å². The van der Waals surface area contributed by atoms with Gasteiger partial charge >= 0.3 is 6.09 Å². The first-order chi connectivity index (χ1) is 21.9. The number of para-hydroxylation sites is 1. The molecule has 3 N–H and O–H groups in total. The Balaban J connectivity index is 1.42. The molecule has 5 aromatic rings. The number of hydrogen-bond donors (Lipinski definition) is 3. The summed E-state index contributed by atoms with van der Waals surface area (Å²) in [4.78, 5) is 23.4. The monoisotopic (exact) mass is 650 g/mol. The summed E-state index contributed by atoms with van der Waals surface area (Å²) in [6.45, 7) is 7.47. The van der Waals surface area contributed by atoms with Crippen LogP contribution in [0.5, 0.6) is 17.2 Å². The number of nitrogens with one attached hydrogen (secondary N) is 3. The standard InChI is InChI=1S/C34H33F3N4O4S/c1-33(2,3)45-32(42)40-16-18-14-22(35)20(15-24(18)44-29-27(37)26(36)28-19(10-12-38-28)30(29)46-5)31-39-17-25(41-31)34(4)11-13-43-23-9-7-6-8-21(23)34/h6-10,12,14-15,17,38H,11,13,16H2,1-5H3,(H,39,41)(H,40,42). The van der Waals surface area contributed by atoms with E-state index in [4.69, 9.17) is 19.2 Å². The van der Waals surface area contributed by atoms with E-state index in [-0.39, 0.29) is 40.5 Å². The number of alkyl carbamates (subject to hydrolysis) is 1. The molecule has 1 amide bonds. The van der Waals surface area contributed by atoms with Crippen molar-refractivity contribution in [2.24, 2.45) is 0 Å². The van der Waals surface area contributed by atoms with E-state index < -0.39 is 34.6 Å². The number of carbonyl (C=O) groups excluding carboxylic acids is 1. The van der Waals surface area contributed by atoms with Gasteiger partial charge in [0.05, 0.1) is 28.3 Å². The molecule has 0 saturated heterocycles. The lowest BCUT2D eigenvalue weighted by Gasteiger charge is -2.34. The van der Waals surface area contributed by atoms with Crippen LogP contribution >= 0.6 is 11.8 Å². The summed E-state index contributed by atoms with van der Waals surface area (Å²) in [6.07, 6.45) is 4.88. The minimum atomic E-state index is -1.21. The summed E-state index contributed by atoms with van der Waals surface area (Å²) in [5, 5.41) is 3.02. The van der Waals surface area contributed by atoms with Crippen molar-refractivity contribution in [2.75, 3.05) is 12.9 Å². The van der Waals surface area contributed by atoms with Crippen molar-refractivity contribution in [1.29, 1.82) is 0 Å². The van der Waals surface area contributed by atoms with Gasteiger partial charge in [0.15, 0.2) is 11.6 Å². The average Bonchev–Trinajstić information content (AvgIpc) is 3.70. The van der Waals surface area contributed by atoms with Gasteiger partial charge in [0.25, 0.3) is 0 Å². The molecule has 1 aliphatic rings. The zero-order valence-electron chi connectivity index (χ0n) is 25.9. The fourth-order valence-electron chi connectivity index (χ4n) is 5.62. The van der Waals surface area contributed by atoms with Crippen LogP contribution in [0.4, 0.5) is 18.0 Å². The highest BCUT2D eigenvalue weighted by atomic mass is 32.2. The topological polar surface area (TPSA) is 101 Å². The first kappa shape index (κ1) is 31.4. The SMILES string of the molecule is CSc1c(Oc2cc(-c3nc(C4(C)CCOc5ccccc54)c[nH]3)c(F)cc2CNC(=O)OC(C)(C)C)c(F)c(F)c2[nH]ccc12. The number of aromatic amines is 2. The smallest absolute Gasteiger partial charge is 0.407 e. The van der Waals surface area contributed by atoms with Crippen molar-refractivity contribution in [1.82, 2.24) is 20.3 Å². The van der Waals surface area contributed by atoms with E-state index in [0.717, 1.165) is 11.3 Å². The number of carbonyl (C=O) groups is 1. The summed E-state index contributed by atoms with van der Waals surface area (Å²) >= 11 is 1.17. The number of nitrogens with zero attached hydrogens (tertiary/aromatic N) is 1. The number of hydrogen-bond acceptors (Lipinski definition) is 6. The Morgan fingerprint density at radius 3 is 2.67 bits per heavy atom. The number of benzene rings is 3. The third-order valence-electron chi connectivity index (χ3n) is 7.94. The van der Waals surface area contributed by atoms with Crippen molar-refractivity contribution >= 4 is 28.8 Å². The molecule has 240 valence electrons. The Morgan fingerprint density at radius 1 is 1.13 bits per heavy atom. The van der Waals surface area contributed by atoms with Crippen molar-refractivity contribution in [3.63, 3.8) is 0 Å². The lowest BCUT2D eigenvalue weighted by molar-refractivity contribution is 0.0523. The van der Waals surface area contributed by atoms with Gasteiger partial charge in [-0.3, -0.25) is 0 Å². The molecule has 1 unspecified atom stereocenters. The second-order valence-electron chi connectivity index (χ2n) is 12.2. The molecule has 2 aromatic heterocycles. The van der Waals surface area contributed by atoms with E-state index in [9.17, 15) is 4.79 Å². The van der Waals surface area contributed by atoms with Crippen molar-refractivity contribution in [3.05, 3.63) is 89.1 Å². The maximum atomic E-state index is 15.9. The van der Waals surface area contributed by atoms with Gasteiger partial charge in [-0.15, -0.1) is 11.8 Å². The van der Waals surface area contributed by atoms with Crippen LogP contribution in [-0.2, 0) is 16.7 Å². The van der Waals surface area contributed by atoms with Crippen molar-refractivity contribution < 1.29 is 32.2 Å². The minimum Gasteiger partial charge on any atom is -0.493 e. The molecule has 1 atom stereocenters. The van der Waals surface area contributed by atoms with E-state index in [0.29, 0.717) is 29.0 Å². The number of imidazole rings is 1. The van der Waals surface area contributed by atoms with Gasteiger partial charge in [-0.2, -0.15) is 4.39 Å². The van der Waals surface area contributed by atoms with E-state index >= 15 is 13.2 Å². The van der Waals surface area contributed by atoms with Gasteiger partial charge in [0.2, 0.25) is 5.82 Å². The summed E-state index contributed by atoms with van der Waals surface area (Å²) in [5.74, 6) is -2.36. The predicted molar refractivity (Wildman–Crippen MR) is 170 cm³/mol. The fraction of sp³-hybridized carbons (Fsp3) is 0.294. The maximum Gasteiger partial charge on any atom is 0.407 e. The number of H-pyrrole nitrogens is 2. The summed E-state index contributed by atoms with van der Waals surface area (Å²) in [5.41, 5.74) is 0.604. The van der Waals surface area contributed by atoms with Crippen LogP contribution in [0.1, 0.15) is 50.9 Å². The largest absolute Gasteiger partial charge is 0.493 e. The summed E-state index contributed by atoms with van der Waals surface area (Å²) in [7, 11) is 0. The second kappa shape index (κ2) is 12.0. The first-order valence-electron chi connectivity index (χ1n) is 14.7. The molecule has 8 nitrogen and oxygen atoms in total. The highest BCUT2D eigenvalue weighted by Gasteiger charge is 2.37. The van der Waals surface area contributed by atoms with E-state index in [1.54, 1.807) is 39.3 Å². The first-order valence-corrected chi connectivity index (χ1v) is 15.9. The van der Waals surface area contributed by atoms with E-state index in [1.165, 1.54) is 30.1 Å². The average molecular weight is 651 g/mol. The van der Waals surface area contributed by atoms with Crippen LogP contribution in [-0.4, -0.2) is 39.5 Å². The molecule has 46 heavy (non-hydrogen) atoms. The highest BCUT2D eigenvalue weighted by molar-refractivity contribution is 7.99. The Morgan fingerprint density at radius 2 is 1.91 bits per heavy atom. The molecule has 1 aliphatic heterocycles. The fourth-order valence-corrected chi connectivity index (χ4v) is 6.33. The maximum absolute atomic E-state index is 15.9. The number of fused-ring (bicyclic) bond motifs is 2. The van der Waals surface area contributed by atoms with Gasteiger partial charge in [-0.25, -0.2) is 18.6 Å².